The molecule has 0 spiro atoms. The van der Waals surface area contributed by atoms with Crippen molar-refractivity contribution < 1.29 is 4.92 Å². The average molecular weight is 301 g/mol. The molecule has 100 valence electrons. The smallest absolute Gasteiger partial charge is 0.258 e. The second-order valence-corrected chi connectivity index (χ2v) is 5.08. The Kier molecular flexibility index (Phi) is 4.01. The molecule has 0 aliphatic carbocycles. The highest BCUT2D eigenvalue weighted by Crippen LogP contribution is 2.24. The van der Waals surface area contributed by atoms with Gasteiger partial charge in [0.25, 0.3) is 5.69 Å². The van der Waals surface area contributed by atoms with Crippen LogP contribution in [0.4, 0.5) is 5.69 Å². The highest BCUT2D eigenvalue weighted by atomic mass is 35.5. The number of halogens is 2. The molecule has 1 atom stereocenters. The molecule has 0 saturated heterocycles. The number of alkyl halides is 1. The molecule has 0 fully saturated rings. The van der Waals surface area contributed by atoms with Crippen LogP contribution in [-0.2, 0) is 6.54 Å². The van der Waals surface area contributed by atoms with Gasteiger partial charge in [-0.1, -0.05) is 16.8 Å². The van der Waals surface area contributed by atoms with Gasteiger partial charge in [-0.05, 0) is 19.1 Å². The standard InChI is InChI=1S/C11H10Cl2N4O2/c1-7(12)10-6-16(15-14-10)5-8-2-3-9(13)4-11(8)17(18)19/h2-4,6-7H,5H2,1H3. The average Bonchev–Trinajstić information content (AvgIpc) is 2.80. The number of nitrogens with zero attached hydrogens (tertiary/aromatic N) is 4. The lowest BCUT2D eigenvalue weighted by molar-refractivity contribution is -0.385. The van der Waals surface area contributed by atoms with Crippen molar-refractivity contribution >= 4 is 28.9 Å². The number of aromatic nitrogens is 3. The van der Waals surface area contributed by atoms with Crippen LogP contribution >= 0.6 is 23.2 Å². The first-order valence-electron chi connectivity index (χ1n) is 5.44. The van der Waals surface area contributed by atoms with E-state index in [1.54, 1.807) is 25.3 Å². The zero-order valence-electron chi connectivity index (χ0n) is 9.96. The molecule has 19 heavy (non-hydrogen) atoms. The molecule has 1 aromatic heterocycles. The number of benzene rings is 1. The van der Waals surface area contributed by atoms with Crippen molar-refractivity contribution in [3.8, 4) is 0 Å². The summed E-state index contributed by atoms with van der Waals surface area (Å²) in [6.45, 7) is 2.02. The third kappa shape index (κ3) is 3.21. The summed E-state index contributed by atoms with van der Waals surface area (Å²) in [6.07, 6.45) is 1.66. The Labute approximate surface area is 119 Å². The molecule has 0 aliphatic rings. The Balaban J connectivity index is 2.29. The lowest BCUT2D eigenvalue weighted by Crippen LogP contribution is -2.04. The van der Waals surface area contributed by atoms with Gasteiger partial charge in [-0.25, -0.2) is 4.68 Å². The summed E-state index contributed by atoms with van der Waals surface area (Å²) in [4.78, 5) is 10.5. The lowest BCUT2D eigenvalue weighted by Gasteiger charge is -2.03. The van der Waals surface area contributed by atoms with Crippen molar-refractivity contribution in [1.82, 2.24) is 15.0 Å². The minimum absolute atomic E-state index is 0.0385. The molecule has 1 aromatic carbocycles. The van der Waals surface area contributed by atoms with Gasteiger partial charge in [-0.2, -0.15) is 0 Å². The minimum atomic E-state index is -0.469. The fraction of sp³-hybridized carbons (Fsp3) is 0.273. The van der Waals surface area contributed by atoms with Crippen LogP contribution in [0.5, 0.6) is 0 Å². The van der Waals surface area contributed by atoms with E-state index in [-0.39, 0.29) is 17.6 Å². The van der Waals surface area contributed by atoms with Gasteiger partial charge in [0.15, 0.2) is 0 Å². The maximum absolute atomic E-state index is 11.0. The van der Waals surface area contributed by atoms with Gasteiger partial charge in [0.2, 0.25) is 0 Å². The van der Waals surface area contributed by atoms with Crippen molar-refractivity contribution in [2.45, 2.75) is 18.8 Å². The summed E-state index contributed by atoms with van der Waals surface area (Å²) in [5, 5.41) is 18.8. The molecular formula is C11H10Cl2N4O2. The summed E-state index contributed by atoms with van der Waals surface area (Å²) < 4.78 is 1.50. The first-order chi connectivity index (χ1) is 8.97. The summed E-state index contributed by atoms with van der Waals surface area (Å²) in [5.41, 5.74) is 1.09. The monoisotopic (exact) mass is 300 g/mol. The van der Waals surface area contributed by atoms with E-state index in [1.807, 2.05) is 0 Å². The molecule has 0 saturated carbocycles. The predicted molar refractivity (Wildman–Crippen MR) is 71.5 cm³/mol. The first kappa shape index (κ1) is 13.8. The highest BCUT2D eigenvalue weighted by molar-refractivity contribution is 6.30. The van der Waals surface area contributed by atoms with Crippen molar-refractivity contribution in [1.29, 1.82) is 0 Å². The van der Waals surface area contributed by atoms with Gasteiger partial charge < -0.3 is 0 Å². The van der Waals surface area contributed by atoms with Gasteiger partial charge in [0, 0.05) is 11.1 Å². The fourth-order valence-electron chi connectivity index (χ4n) is 1.59. The Morgan fingerprint density at radius 2 is 2.26 bits per heavy atom. The molecule has 0 radical (unpaired) electrons. The maximum atomic E-state index is 11.0. The predicted octanol–water partition coefficient (Wildman–Crippen LogP) is 3.19. The Hall–Kier alpha value is -1.66. The van der Waals surface area contributed by atoms with Crippen LogP contribution in [0, 0.1) is 10.1 Å². The molecule has 6 nitrogen and oxygen atoms in total. The van der Waals surface area contributed by atoms with Crippen molar-refractivity contribution in [2.24, 2.45) is 0 Å². The molecule has 1 unspecified atom stereocenters. The molecule has 0 bridgehead atoms. The molecule has 0 amide bonds. The topological polar surface area (TPSA) is 73.8 Å². The number of hydrogen-bond donors (Lipinski definition) is 0. The van der Waals surface area contributed by atoms with Crippen LogP contribution in [0.2, 0.25) is 5.02 Å². The Morgan fingerprint density at radius 1 is 1.53 bits per heavy atom. The van der Waals surface area contributed by atoms with Crippen LogP contribution in [0.3, 0.4) is 0 Å². The quantitative estimate of drug-likeness (QED) is 0.494. The number of rotatable bonds is 4. The molecule has 0 N–H and O–H groups in total. The maximum Gasteiger partial charge on any atom is 0.275 e. The normalized spacial score (nSPS) is 12.4. The zero-order valence-corrected chi connectivity index (χ0v) is 11.5. The second-order valence-electron chi connectivity index (χ2n) is 3.99. The molecule has 2 aromatic rings. The van der Waals surface area contributed by atoms with E-state index >= 15 is 0 Å². The first-order valence-corrected chi connectivity index (χ1v) is 6.25. The van der Waals surface area contributed by atoms with E-state index in [1.165, 1.54) is 10.7 Å². The Morgan fingerprint density at radius 3 is 2.84 bits per heavy atom. The van der Waals surface area contributed by atoms with Crippen molar-refractivity contribution in [2.75, 3.05) is 0 Å². The molecule has 0 aliphatic heterocycles. The second kappa shape index (κ2) is 5.54. The molecule has 2 rings (SSSR count). The number of hydrogen-bond acceptors (Lipinski definition) is 4. The van der Waals surface area contributed by atoms with E-state index in [0.29, 0.717) is 16.3 Å². The molecule has 8 heteroatoms. The van der Waals surface area contributed by atoms with Gasteiger partial charge >= 0.3 is 0 Å². The van der Waals surface area contributed by atoms with Gasteiger partial charge in [0.1, 0.15) is 5.69 Å². The minimum Gasteiger partial charge on any atom is -0.258 e. The summed E-state index contributed by atoms with van der Waals surface area (Å²) in [6, 6.07) is 4.52. The van der Waals surface area contributed by atoms with E-state index < -0.39 is 4.92 Å². The zero-order chi connectivity index (χ0) is 14.0. The van der Waals surface area contributed by atoms with Crippen LogP contribution in [0.1, 0.15) is 23.6 Å². The number of nitro benzene ring substituents is 1. The third-order valence-corrected chi connectivity index (χ3v) is 3.00. The van der Waals surface area contributed by atoms with Crippen LogP contribution in [-0.4, -0.2) is 19.9 Å². The van der Waals surface area contributed by atoms with E-state index in [4.69, 9.17) is 23.2 Å². The summed E-state index contributed by atoms with van der Waals surface area (Å²) in [5.74, 6) is 0. The van der Waals surface area contributed by atoms with Crippen LogP contribution < -0.4 is 0 Å². The third-order valence-electron chi connectivity index (χ3n) is 2.54. The molecular weight excluding hydrogens is 291 g/mol. The van der Waals surface area contributed by atoms with Crippen molar-refractivity contribution in [3.63, 3.8) is 0 Å². The number of nitro groups is 1. The summed E-state index contributed by atoms with van der Waals surface area (Å²) >= 11 is 11.6. The Bertz CT molecular complexity index is 612. The molecule has 1 heterocycles. The highest BCUT2D eigenvalue weighted by Gasteiger charge is 2.15. The SMILES string of the molecule is CC(Cl)c1cn(Cc2ccc(Cl)cc2[N+](=O)[O-])nn1. The van der Waals surface area contributed by atoms with E-state index in [2.05, 4.69) is 10.3 Å². The van der Waals surface area contributed by atoms with Crippen LogP contribution in [0.15, 0.2) is 24.4 Å². The lowest BCUT2D eigenvalue weighted by atomic mass is 10.2. The van der Waals surface area contributed by atoms with Gasteiger partial charge in [0.05, 0.1) is 28.6 Å². The van der Waals surface area contributed by atoms with Gasteiger partial charge in [-0.15, -0.1) is 16.7 Å². The van der Waals surface area contributed by atoms with Gasteiger partial charge in [-0.3, -0.25) is 10.1 Å². The fourth-order valence-corrected chi connectivity index (χ4v) is 1.85. The van der Waals surface area contributed by atoms with E-state index in [0.717, 1.165) is 0 Å². The van der Waals surface area contributed by atoms with E-state index in [9.17, 15) is 10.1 Å². The largest absolute Gasteiger partial charge is 0.275 e. The van der Waals surface area contributed by atoms with Crippen LogP contribution in [0.25, 0.3) is 0 Å². The summed E-state index contributed by atoms with van der Waals surface area (Å²) in [7, 11) is 0. The van der Waals surface area contributed by atoms with Crippen molar-refractivity contribution in [3.05, 3.63) is 50.8 Å².